The van der Waals surface area contributed by atoms with Crippen molar-refractivity contribution >= 4 is 40.3 Å². The smallest absolute Gasteiger partial charge is 0.0630 e. The molecule has 0 N–H and O–H groups in total. The monoisotopic (exact) mass is 292 g/mol. The van der Waals surface area contributed by atoms with Gasteiger partial charge in [0.25, 0.3) is 0 Å². The van der Waals surface area contributed by atoms with Crippen LogP contribution in [0.2, 0.25) is 10.0 Å². The van der Waals surface area contributed by atoms with Crippen LogP contribution in [0.25, 0.3) is 0 Å². The SMILES string of the molecule is S=C1c2ccccc2CCc2c1ccc(Cl)c2Cl. The molecule has 0 unspecified atom stereocenters. The molecule has 0 nitrogen and oxygen atoms in total. The van der Waals surface area contributed by atoms with Gasteiger partial charge in [0.15, 0.2) is 0 Å². The van der Waals surface area contributed by atoms with Crippen molar-refractivity contribution in [2.45, 2.75) is 12.8 Å². The van der Waals surface area contributed by atoms with Crippen molar-refractivity contribution in [1.29, 1.82) is 0 Å². The first-order valence-corrected chi connectivity index (χ1v) is 6.94. The maximum Gasteiger partial charge on any atom is 0.0630 e. The first-order chi connectivity index (χ1) is 8.68. The van der Waals surface area contributed by atoms with E-state index in [0.29, 0.717) is 10.0 Å². The molecule has 0 heterocycles. The number of rotatable bonds is 0. The molecule has 0 saturated heterocycles. The summed E-state index contributed by atoms with van der Waals surface area (Å²) in [6.07, 6.45) is 1.83. The summed E-state index contributed by atoms with van der Waals surface area (Å²) in [5, 5.41) is 1.24. The molecule has 18 heavy (non-hydrogen) atoms. The highest BCUT2D eigenvalue weighted by Crippen LogP contribution is 2.34. The molecule has 90 valence electrons. The summed E-state index contributed by atoms with van der Waals surface area (Å²) in [5.74, 6) is 0. The van der Waals surface area contributed by atoms with E-state index in [-0.39, 0.29) is 0 Å². The van der Waals surface area contributed by atoms with Gasteiger partial charge >= 0.3 is 0 Å². The van der Waals surface area contributed by atoms with Gasteiger partial charge in [0, 0.05) is 0 Å². The lowest BCUT2D eigenvalue weighted by Crippen LogP contribution is -2.02. The van der Waals surface area contributed by atoms with Gasteiger partial charge in [-0.15, -0.1) is 0 Å². The van der Waals surface area contributed by atoms with Crippen LogP contribution in [0.1, 0.15) is 22.3 Å². The van der Waals surface area contributed by atoms with Gasteiger partial charge in [-0.2, -0.15) is 0 Å². The van der Waals surface area contributed by atoms with Crippen molar-refractivity contribution in [3.63, 3.8) is 0 Å². The predicted octanol–water partition coefficient (Wildman–Crippen LogP) is 4.86. The van der Waals surface area contributed by atoms with Crippen LogP contribution in [0.3, 0.4) is 0 Å². The van der Waals surface area contributed by atoms with E-state index in [0.717, 1.165) is 34.4 Å². The maximum absolute atomic E-state index is 6.30. The lowest BCUT2D eigenvalue weighted by atomic mass is 10.0. The Morgan fingerprint density at radius 3 is 2.50 bits per heavy atom. The van der Waals surface area contributed by atoms with Gasteiger partial charge in [-0.25, -0.2) is 0 Å². The third-order valence-corrected chi connectivity index (χ3v) is 4.63. The van der Waals surface area contributed by atoms with Gasteiger partial charge in [-0.3, -0.25) is 0 Å². The van der Waals surface area contributed by atoms with Crippen LogP contribution in [0.15, 0.2) is 36.4 Å². The molecule has 0 atom stereocenters. The predicted molar refractivity (Wildman–Crippen MR) is 81.1 cm³/mol. The molecule has 0 amide bonds. The Morgan fingerprint density at radius 2 is 1.67 bits per heavy atom. The van der Waals surface area contributed by atoms with Crippen LogP contribution in [-0.4, -0.2) is 4.86 Å². The lowest BCUT2D eigenvalue weighted by Gasteiger charge is -2.10. The summed E-state index contributed by atoms with van der Waals surface area (Å²) in [7, 11) is 0. The summed E-state index contributed by atoms with van der Waals surface area (Å²) < 4.78 is 0. The normalized spacial score (nSPS) is 13.8. The molecule has 3 rings (SSSR count). The number of fused-ring (bicyclic) bond motifs is 2. The van der Waals surface area contributed by atoms with Crippen molar-refractivity contribution in [3.05, 3.63) is 68.7 Å². The molecule has 0 aliphatic heterocycles. The van der Waals surface area contributed by atoms with Crippen molar-refractivity contribution in [3.8, 4) is 0 Å². The van der Waals surface area contributed by atoms with Gasteiger partial charge in [-0.1, -0.05) is 65.8 Å². The summed E-state index contributed by atoms with van der Waals surface area (Å²) in [6, 6.07) is 12.1. The number of thiocarbonyl (C=S) groups is 1. The molecule has 0 fully saturated rings. The molecular weight excluding hydrogens is 283 g/mol. The van der Waals surface area contributed by atoms with E-state index in [1.54, 1.807) is 0 Å². The second-order valence-corrected chi connectivity index (χ2v) is 5.57. The first-order valence-electron chi connectivity index (χ1n) is 5.78. The standard InChI is InChI=1S/C15H10Cl2S/c16-13-8-7-12-11(14(13)17)6-5-9-3-1-2-4-10(9)15(12)18/h1-4,7-8H,5-6H2. The minimum absolute atomic E-state index is 0.601. The van der Waals surface area contributed by atoms with E-state index in [9.17, 15) is 0 Å². The summed E-state index contributed by atoms with van der Waals surface area (Å²) in [5.41, 5.74) is 4.55. The Balaban J connectivity index is 2.24. The molecule has 0 spiro atoms. The fourth-order valence-electron chi connectivity index (χ4n) is 2.41. The number of hydrogen-bond acceptors (Lipinski definition) is 1. The third-order valence-electron chi connectivity index (χ3n) is 3.35. The average molecular weight is 293 g/mol. The minimum atomic E-state index is 0.601. The Kier molecular flexibility index (Phi) is 3.14. The number of halogens is 2. The third kappa shape index (κ3) is 1.87. The van der Waals surface area contributed by atoms with Crippen molar-refractivity contribution in [1.82, 2.24) is 0 Å². The van der Waals surface area contributed by atoms with E-state index in [2.05, 4.69) is 12.1 Å². The second-order valence-electron chi connectivity index (χ2n) is 4.37. The highest BCUT2D eigenvalue weighted by molar-refractivity contribution is 7.81. The molecule has 0 bridgehead atoms. The quantitative estimate of drug-likeness (QED) is 0.625. The van der Waals surface area contributed by atoms with Crippen LogP contribution < -0.4 is 0 Å². The van der Waals surface area contributed by atoms with Gasteiger partial charge in [0.2, 0.25) is 0 Å². The molecule has 3 heteroatoms. The zero-order chi connectivity index (χ0) is 12.7. The highest BCUT2D eigenvalue weighted by Gasteiger charge is 2.20. The Bertz CT molecular complexity index is 647. The van der Waals surface area contributed by atoms with Crippen LogP contribution in [0.5, 0.6) is 0 Å². The Morgan fingerprint density at radius 1 is 0.889 bits per heavy atom. The average Bonchev–Trinajstić information content (AvgIpc) is 2.53. The summed E-state index contributed by atoms with van der Waals surface area (Å²) in [6.45, 7) is 0. The summed E-state index contributed by atoms with van der Waals surface area (Å²) in [4.78, 5) is 0.872. The highest BCUT2D eigenvalue weighted by atomic mass is 35.5. The van der Waals surface area contributed by atoms with E-state index >= 15 is 0 Å². The first kappa shape index (κ1) is 12.2. The molecule has 0 radical (unpaired) electrons. The van der Waals surface area contributed by atoms with Crippen molar-refractivity contribution in [2.24, 2.45) is 0 Å². The van der Waals surface area contributed by atoms with Gasteiger partial charge in [-0.05, 0) is 41.2 Å². The van der Waals surface area contributed by atoms with E-state index in [1.165, 1.54) is 5.56 Å². The minimum Gasteiger partial charge on any atom is -0.0827 e. The van der Waals surface area contributed by atoms with Crippen LogP contribution >= 0.6 is 35.4 Å². The molecule has 0 saturated carbocycles. The molecule has 1 aliphatic carbocycles. The zero-order valence-corrected chi connectivity index (χ0v) is 11.9. The molecular formula is C15H10Cl2S. The van der Waals surface area contributed by atoms with E-state index in [4.69, 9.17) is 35.4 Å². The molecule has 1 aliphatic rings. The van der Waals surface area contributed by atoms with Gasteiger partial charge < -0.3 is 0 Å². The topological polar surface area (TPSA) is 0 Å². The van der Waals surface area contributed by atoms with Crippen LogP contribution in [0, 0.1) is 0 Å². The van der Waals surface area contributed by atoms with E-state index in [1.807, 2.05) is 24.3 Å². The zero-order valence-electron chi connectivity index (χ0n) is 9.54. The molecule has 0 aromatic heterocycles. The molecule has 2 aromatic carbocycles. The van der Waals surface area contributed by atoms with Crippen molar-refractivity contribution in [2.75, 3.05) is 0 Å². The lowest BCUT2D eigenvalue weighted by molar-refractivity contribution is 0.965. The fraction of sp³-hybridized carbons (Fsp3) is 0.133. The number of aryl methyl sites for hydroxylation is 1. The largest absolute Gasteiger partial charge is 0.0827 e. The van der Waals surface area contributed by atoms with Crippen LogP contribution in [-0.2, 0) is 12.8 Å². The summed E-state index contributed by atoms with van der Waals surface area (Å²) >= 11 is 18.0. The van der Waals surface area contributed by atoms with Gasteiger partial charge in [0.1, 0.15) is 0 Å². The fourth-order valence-corrected chi connectivity index (χ4v) is 3.24. The van der Waals surface area contributed by atoms with E-state index < -0.39 is 0 Å². The Labute approximate surface area is 122 Å². The van der Waals surface area contributed by atoms with Crippen molar-refractivity contribution < 1.29 is 0 Å². The second kappa shape index (κ2) is 4.65. The number of benzene rings is 2. The Hall–Kier alpha value is -0.890. The number of hydrogen-bond donors (Lipinski definition) is 0. The molecule has 2 aromatic rings. The maximum atomic E-state index is 6.30. The van der Waals surface area contributed by atoms with Crippen LogP contribution in [0.4, 0.5) is 0 Å². The van der Waals surface area contributed by atoms with Gasteiger partial charge in [0.05, 0.1) is 14.9 Å².